The average molecular weight is 216 g/mol. The van der Waals surface area contributed by atoms with Gasteiger partial charge in [-0.15, -0.1) is 0 Å². The smallest absolute Gasteiger partial charge is 0.0512 e. The Labute approximate surface area is 95.0 Å². The lowest BCUT2D eigenvalue weighted by Crippen LogP contribution is -2.45. The van der Waals surface area contributed by atoms with Gasteiger partial charge in [-0.1, -0.05) is 13.8 Å². The van der Waals surface area contributed by atoms with Gasteiger partial charge < -0.3 is 5.11 Å². The predicted molar refractivity (Wildman–Crippen MR) is 65.7 cm³/mol. The fourth-order valence-corrected chi connectivity index (χ4v) is 1.65. The normalized spacial score (nSPS) is 16.0. The lowest BCUT2D eigenvalue weighted by atomic mass is 10.2. The van der Waals surface area contributed by atoms with Gasteiger partial charge in [0.2, 0.25) is 0 Å². The maximum absolute atomic E-state index is 9.20. The minimum Gasteiger partial charge on any atom is -0.393 e. The summed E-state index contributed by atoms with van der Waals surface area (Å²) in [6, 6.07) is 0.594. The maximum Gasteiger partial charge on any atom is 0.0512 e. The third-order valence-electron chi connectivity index (χ3n) is 3.08. The van der Waals surface area contributed by atoms with Gasteiger partial charge in [0.05, 0.1) is 6.10 Å². The summed E-state index contributed by atoms with van der Waals surface area (Å²) in [5, 5.41) is 13.9. The summed E-state index contributed by atoms with van der Waals surface area (Å²) in [7, 11) is 2.15. The summed E-state index contributed by atoms with van der Waals surface area (Å²) in [5.74, 6) is 0. The number of hydrogen-bond acceptors (Lipinski definition) is 3. The van der Waals surface area contributed by atoms with Crippen LogP contribution in [-0.4, -0.2) is 47.4 Å². The number of hydrazine groups is 1. The van der Waals surface area contributed by atoms with Crippen LogP contribution in [0.2, 0.25) is 0 Å². The molecular formula is C12H28N2O. The quantitative estimate of drug-likeness (QED) is 0.630. The van der Waals surface area contributed by atoms with E-state index in [9.17, 15) is 5.11 Å². The van der Waals surface area contributed by atoms with Crippen LogP contribution in [0.25, 0.3) is 0 Å². The van der Waals surface area contributed by atoms with Crippen LogP contribution >= 0.6 is 0 Å². The van der Waals surface area contributed by atoms with Crippen LogP contribution in [-0.2, 0) is 0 Å². The molecule has 0 bridgehead atoms. The number of hydrogen-bond donors (Lipinski definition) is 1. The van der Waals surface area contributed by atoms with Gasteiger partial charge in [-0.3, -0.25) is 0 Å². The summed E-state index contributed by atoms with van der Waals surface area (Å²) in [6.07, 6.45) is 2.96. The van der Waals surface area contributed by atoms with Crippen LogP contribution in [0.4, 0.5) is 0 Å². The van der Waals surface area contributed by atoms with Crippen molar-refractivity contribution < 1.29 is 5.11 Å². The second-order valence-electron chi connectivity index (χ2n) is 4.37. The van der Waals surface area contributed by atoms with E-state index in [1.807, 2.05) is 6.92 Å². The second kappa shape index (κ2) is 8.08. The third kappa shape index (κ3) is 6.13. The van der Waals surface area contributed by atoms with E-state index in [0.717, 1.165) is 25.9 Å². The molecule has 0 spiro atoms. The fourth-order valence-electron chi connectivity index (χ4n) is 1.65. The number of aliphatic hydroxyl groups excluding tert-OH is 1. The lowest BCUT2D eigenvalue weighted by molar-refractivity contribution is -0.0314. The Morgan fingerprint density at radius 2 is 1.80 bits per heavy atom. The van der Waals surface area contributed by atoms with Crippen molar-refractivity contribution in [3.63, 3.8) is 0 Å². The SMILES string of the molecule is CCC(C)N(C)N(CC)CCCC(C)O. The van der Waals surface area contributed by atoms with Crippen molar-refractivity contribution in [2.45, 2.75) is 59.1 Å². The highest BCUT2D eigenvalue weighted by molar-refractivity contribution is 4.61. The Hall–Kier alpha value is -0.120. The molecule has 0 saturated carbocycles. The molecule has 0 aliphatic heterocycles. The Kier molecular flexibility index (Phi) is 8.02. The zero-order chi connectivity index (χ0) is 11.8. The Bertz CT molecular complexity index is 151. The predicted octanol–water partition coefficient (Wildman–Crippen LogP) is 2.11. The van der Waals surface area contributed by atoms with Gasteiger partial charge in [0.15, 0.2) is 0 Å². The molecule has 0 fully saturated rings. The molecule has 3 heteroatoms. The molecular weight excluding hydrogens is 188 g/mol. The van der Waals surface area contributed by atoms with Crippen molar-refractivity contribution in [3.05, 3.63) is 0 Å². The first kappa shape index (κ1) is 14.9. The largest absolute Gasteiger partial charge is 0.393 e. The first-order valence-corrected chi connectivity index (χ1v) is 6.18. The van der Waals surface area contributed by atoms with E-state index in [-0.39, 0.29) is 6.10 Å². The molecule has 0 rings (SSSR count). The summed E-state index contributed by atoms with van der Waals surface area (Å²) in [4.78, 5) is 0. The van der Waals surface area contributed by atoms with Gasteiger partial charge in [0.25, 0.3) is 0 Å². The molecule has 92 valence electrons. The van der Waals surface area contributed by atoms with E-state index < -0.39 is 0 Å². The summed E-state index contributed by atoms with van der Waals surface area (Å²) in [5.41, 5.74) is 0. The average Bonchev–Trinajstić information content (AvgIpc) is 2.22. The van der Waals surface area contributed by atoms with Crippen molar-refractivity contribution in [2.75, 3.05) is 20.1 Å². The molecule has 0 radical (unpaired) electrons. The topological polar surface area (TPSA) is 26.7 Å². The van der Waals surface area contributed by atoms with Gasteiger partial charge in [0.1, 0.15) is 0 Å². The van der Waals surface area contributed by atoms with E-state index in [2.05, 4.69) is 37.8 Å². The van der Waals surface area contributed by atoms with Gasteiger partial charge in [0, 0.05) is 26.2 Å². The van der Waals surface area contributed by atoms with Crippen molar-refractivity contribution in [2.24, 2.45) is 0 Å². The molecule has 0 aliphatic rings. The zero-order valence-electron chi connectivity index (χ0n) is 11.0. The van der Waals surface area contributed by atoms with Crippen LogP contribution in [0.15, 0.2) is 0 Å². The molecule has 0 aliphatic carbocycles. The van der Waals surface area contributed by atoms with E-state index in [4.69, 9.17) is 0 Å². The number of aliphatic hydroxyl groups is 1. The van der Waals surface area contributed by atoms with E-state index in [1.165, 1.54) is 6.42 Å². The molecule has 3 nitrogen and oxygen atoms in total. The third-order valence-corrected chi connectivity index (χ3v) is 3.08. The highest BCUT2D eigenvalue weighted by Crippen LogP contribution is 2.07. The molecule has 15 heavy (non-hydrogen) atoms. The van der Waals surface area contributed by atoms with E-state index in [1.54, 1.807) is 0 Å². The van der Waals surface area contributed by atoms with Crippen LogP contribution < -0.4 is 0 Å². The fraction of sp³-hybridized carbons (Fsp3) is 1.00. The number of nitrogens with zero attached hydrogens (tertiary/aromatic N) is 2. The molecule has 0 aromatic rings. The molecule has 0 aromatic heterocycles. The lowest BCUT2D eigenvalue weighted by Gasteiger charge is -2.35. The van der Waals surface area contributed by atoms with Crippen LogP contribution in [0, 0.1) is 0 Å². The molecule has 1 N–H and O–H groups in total. The maximum atomic E-state index is 9.20. The summed E-state index contributed by atoms with van der Waals surface area (Å²) in [6.45, 7) is 10.6. The Morgan fingerprint density at radius 1 is 1.20 bits per heavy atom. The minimum atomic E-state index is -0.169. The van der Waals surface area contributed by atoms with Crippen molar-refractivity contribution in [3.8, 4) is 0 Å². The zero-order valence-corrected chi connectivity index (χ0v) is 11.0. The first-order chi connectivity index (χ1) is 7.02. The van der Waals surface area contributed by atoms with Crippen molar-refractivity contribution >= 4 is 0 Å². The molecule has 0 aromatic carbocycles. The Morgan fingerprint density at radius 3 is 2.20 bits per heavy atom. The monoisotopic (exact) mass is 216 g/mol. The van der Waals surface area contributed by atoms with Gasteiger partial charge >= 0.3 is 0 Å². The van der Waals surface area contributed by atoms with Gasteiger partial charge in [-0.2, -0.15) is 0 Å². The summed E-state index contributed by atoms with van der Waals surface area (Å²) >= 11 is 0. The first-order valence-electron chi connectivity index (χ1n) is 6.18. The highest BCUT2D eigenvalue weighted by Gasteiger charge is 2.13. The van der Waals surface area contributed by atoms with Crippen LogP contribution in [0.3, 0.4) is 0 Å². The van der Waals surface area contributed by atoms with Crippen LogP contribution in [0.1, 0.15) is 47.0 Å². The van der Waals surface area contributed by atoms with E-state index >= 15 is 0 Å². The van der Waals surface area contributed by atoms with Crippen LogP contribution in [0.5, 0.6) is 0 Å². The highest BCUT2D eigenvalue weighted by atomic mass is 16.3. The Balaban J connectivity index is 3.90. The standard InChI is InChI=1S/C12H28N2O/c1-6-11(3)13(5)14(7-2)10-8-9-12(4)15/h11-12,15H,6-10H2,1-5H3. The molecule has 2 unspecified atom stereocenters. The molecule has 0 saturated heterocycles. The molecule has 0 heterocycles. The van der Waals surface area contributed by atoms with E-state index in [0.29, 0.717) is 6.04 Å². The molecule has 2 atom stereocenters. The second-order valence-corrected chi connectivity index (χ2v) is 4.37. The molecule has 0 amide bonds. The van der Waals surface area contributed by atoms with Gasteiger partial charge in [-0.05, 0) is 33.1 Å². The summed E-state index contributed by atoms with van der Waals surface area (Å²) < 4.78 is 0. The number of rotatable bonds is 8. The van der Waals surface area contributed by atoms with Crippen molar-refractivity contribution in [1.82, 2.24) is 10.0 Å². The van der Waals surface area contributed by atoms with Crippen molar-refractivity contribution in [1.29, 1.82) is 0 Å². The minimum absolute atomic E-state index is 0.169. The van der Waals surface area contributed by atoms with Gasteiger partial charge in [-0.25, -0.2) is 10.0 Å².